The summed E-state index contributed by atoms with van der Waals surface area (Å²) >= 11 is 0. The van der Waals surface area contributed by atoms with Gasteiger partial charge in [0.2, 0.25) is 0 Å². The summed E-state index contributed by atoms with van der Waals surface area (Å²) in [5.74, 6) is -0.913. The molecule has 0 unspecified atom stereocenters. The van der Waals surface area contributed by atoms with E-state index in [1.165, 1.54) is 4.90 Å². The Kier molecular flexibility index (Phi) is 5.20. The number of benzene rings is 1. The van der Waals surface area contributed by atoms with E-state index in [9.17, 15) is 14.7 Å². The van der Waals surface area contributed by atoms with Gasteiger partial charge in [0.1, 0.15) is 6.04 Å². The Morgan fingerprint density at radius 3 is 2.67 bits per heavy atom. The smallest absolute Gasteiger partial charge is 0.326 e. The van der Waals surface area contributed by atoms with Crippen LogP contribution in [0.3, 0.4) is 0 Å². The highest BCUT2D eigenvalue weighted by Crippen LogP contribution is 2.23. The van der Waals surface area contributed by atoms with Crippen LogP contribution in [0.5, 0.6) is 0 Å². The molecular weight excluding hydrogens is 268 g/mol. The van der Waals surface area contributed by atoms with Crippen LogP contribution in [0.1, 0.15) is 32.6 Å². The SMILES string of the molecule is CCCCN(C(=O)N1CCC[C@H]1C(=O)O)c1ccccc1. The average molecular weight is 290 g/mol. The number of para-hydroxylation sites is 1. The summed E-state index contributed by atoms with van der Waals surface area (Å²) < 4.78 is 0. The normalized spacial score (nSPS) is 17.8. The third kappa shape index (κ3) is 3.54. The molecule has 0 aliphatic carbocycles. The zero-order chi connectivity index (χ0) is 15.2. The van der Waals surface area contributed by atoms with Crippen LogP contribution in [-0.4, -0.2) is 41.1 Å². The number of rotatable bonds is 5. The van der Waals surface area contributed by atoms with Crippen molar-refractivity contribution in [1.29, 1.82) is 0 Å². The van der Waals surface area contributed by atoms with Gasteiger partial charge < -0.3 is 10.0 Å². The minimum absolute atomic E-state index is 0.195. The predicted molar refractivity (Wildman–Crippen MR) is 81.5 cm³/mol. The van der Waals surface area contributed by atoms with Gasteiger partial charge in [-0.2, -0.15) is 0 Å². The monoisotopic (exact) mass is 290 g/mol. The molecule has 1 aliphatic heterocycles. The number of hydrogen-bond acceptors (Lipinski definition) is 2. The first kappa shape index (κ1) is 15.4. The number of carboxylic acids is 1. The molecule has 1 aliphatic rings. The fourth-order valence-corrected chi connectivity index (χ4v) is 2.67. The summed E-state index contributed by atoms with van der Waals surface area (Å²) in [6, 6.07) is 8.58. The topological polar surface area (TPSA) is 60.9 Å². The van der Waals surface area contributed by atoms with E-state index in [1.807, 2.05) is 30.3 Å². The second-order valence-electron chi connectivity index (χ2n) is 5.31. The summed E-state index contributed by atoms with van der Waals surface area (Å²) in [4.78, 5) is 27.2. The second kappa shape index (κ2) is 7.11. The number of amides is 2. The number of carbonyl (C=O) groups excluding carboxylic acids is 1. The standard InChI is InChI=1S/C16H22N2O3/c1-2-3-11-17(13-8-5-4-6-9-13)16(21)18-12-7-10-14(18)15(19)20/h4-6,8-9,14H,2-3,7,10-12H2,1H3,(H,19,20)/t14-/m0/s1. The van der Waals surface area contributed by atoms with E-state index in [1.54, 1.807) is 4.90 Å². The largest absolute Gasteiger partial charge is 0.480 e. The molecule has 1 heterocycles. The Morgan fingerprint density at radius 2 is 2.05 bits per heavy atom. The van der Waals surface area contributed by atoms with Crippen molar-refractivity contribution in [2.75, 3.05) is 18.0 Å². The second-order valence-corrected chi connectivity index (χ2v) is 5.31. The van der Waals surface area contributed by atoms with E-state index >= 15 is 0 Å². The van der Waals surface area contributed by atoms with Gasteiger partial charge in [0, 0.05) is 18.8 Å². The fourth-order valence-electron chi connectivity index (χ4n) is 2.67. The summed E-state index contributed by atoms with van der Waals surface area (Å²) in [6.07, 6.45) is 3.17. The minimum atomic E-state index is -0.913. The molecule has 21 heavy (non-hydrogen) atoms. The molecule has 1 aromatic carbocycles. The van der Waals surface area contributed by atoms with E-state index < -0.39 is 12.0 Å². The molecular formula is C16H22N2O3. The summed E-state index contributed by atoms with van der Waals surface area (Å²) in [6.45, 7) is 3.21. The predicted octanol–water partition coefficient (Wildman–Crippen LogP) is 2.96. The highest BCUT2D eigenvalue weighted by molar-refractivity contribution is 5.94. The number of urea groups is 1. The van der Waals surface area contributed by atoms with Crippen LogP contribution >= 0.6 is 0 Å². The van der Waals surface area contributed by atoms with Crippen molar-refractivity contribution in [1.82, 2.24) is 4.90 Å². The average Bonchev–Trinajstić information content (AvgIpc) is 2.98. The number of hydrogen-bond donors (Lipinski definition) is 1. The lowest BCUT2D eigenvalue weighted by Gasteiger charge is -2.30. The maximum atomic E-state index is 12.8. The first-order chi connectivity index (χ1) is 10.1. The van der Waals surface area contributed by atoms with Gasteiger partial charge in [-0.15, -0.1) is 0 Å². The van der Waals surface area contributed by atoms with Crippen molar-refractivity contribution in [2.24, 2.45) is 0 Å². The zero-order valence-electron chi connectivity index (χ0n) is 12.4. The van der Waals surface area contributed by atoms with E-state index in [0.717, 1.165) is 24.9 Å². The summed E-state index contributed by atoms with van der Waals surface area (Å²) in [5.41, 5.74) is 0.826. The van der Waals surface area contributed by atoms with Gasteiger partial charge >= 0.3 is 12.0 Å². The molecule has 0 saturated carbocycles. The van der Waals surface area contributed by atoms with Crippen molar-refractivity contribution in [3.8, 4) is 0 Å². The molecule has 1 fully saturated rings. The fraction of sp³-hybridized carbons (Fsp3) is 0.500. The van der Waals surface area contributed by atoms with Crippen LogP contribution in [-0.2, 0) is 4.79 Å². The molecule has 5 nitrogen and oxygen atoms in total. The van der Waals surface area contributed by atoms with Gasteiger partial charge in [0.05, 0.1) is 0 Å². The first-order valence-corrected chi connectivity index (χ1v) is 7.51. The number of anilines is 1. The molecule has 114 valence electrons. The van der Waals surface area contributed by atoms with E-state index in [-0.39, 0.29) is 6.03 Å². The lowest BCUT2D eigenvalue weighted by Crippen LogP contribution is -2.48. The Labute approximate surface area is 125 Å². The van der Waals surface area contributed by atoms with Gasteiger partial charge in [-0.25, -0.2) is 9.59 Å². The van der Waals surface area contributed by atoms with Crippen LogP contribution in [0.25, 0.3) is 0 Å². The van der Waals surface area contributed by atoms with Gasteiger partial charge in [0.25, 0.3) is 0 Å². The van der Waals surface area contributed by atoms with Crippen LogP contribution in [0.4, 0.5) is 10.5 Å². The molecule has 0 radical (unpaired) electrons. The first-order valence-electron chi connectivity index (χ1n) is 7.51. The van der Waals surface area contributed by atoms with E-state index in [2.05, 4.69) is 6.92 Å². The van der Waals surface area contributed by atoms with Crippen LogP contribution in [0, 0.1) is 0 Å². The molecule has 1 N–H and O–H groups in total. The van der Waals surface area contributed by atoms with Crippen molar-refractivity contribution in [3.63, 3.8) is 0 Å². The molecule has 2 amide bonds. The van der Waals surface area contributed by atoms with Crippen LogP contribution in [0.15, 0.2) is 30.3 Å². The number of aliphatic carboxylic acids is 1. The number of nitrogens with zero attached hydrogens (tertiary/aromatic N) is 2. The molecule has 1 saturated heterocycles. The third-order valence-corrected chi connectivity index (χ3v) is 3.82. The van der Waals surface area contributed by atoms with E-state index in [4.69, 9.17) is 0 Å². The number of likely N-dealkylation sites (tertiary alicyclic amines) is 1. The van der Waals surface area contributed by atoms with Crippen LogP contribution < -0.4 is 4.90 Å². The Morgan fingerprint density at radius 1 is 1.33 bits per heavy atom. The summed E-state index contributed by atoms with van der Waals surface area (Å²) in [5, 5.41) is 9.25. The van der Waals surface area contributed by atoms with E-state index in [0.29, 0.717) is 19.5 Å². The highest BCUT2D eigenvalue weighted by Gasteiger charge is 2.36. The van der Waals surface area contributed by atoms with Crippen molar-refractivity contribution >= 4 is 17.7 Å². The quantitative estimate of drug-likeness (QED) is 0.907. The van der Waals surface area contributed by atoms with Gasteiger partial charge in [-0.1, -0.05) is 31.5 Å². The number of carboxylic acid groups (broad SMARTS) is 1. The zero-order valence-corrected chi connectivity index (χ0v) is 12.4. The minimum Gasteiger partial charge on any atom is -0.480 e. The van der Waals surface area contributed by atoms with Gasteiger partial charge in [0.15, 0.2) is 0 Å². The molecule has 1 aromatic rings. The molecule has 5 heteroatoms. The van der Waals surface area contributed by atoms with Crippen molar-refractivity contribution in [2.45, 2.75) is 38.6 Å². The molecule has 0 bridgehead atoms. The molecule has 2 rings (SSSR count). The lowest BCUT2D eigenvalue weighted by molar-refractivity contribution is -0.141. The summed E-state index contributed by atoms with van der Waals surface area (Å²) in [7, 11) is 0. The van der Waals surface area contributed by atoms with Gasteiger partial charge in [-0.3, -0.25) is 4.90 Å². The highest BCUT2D eigenvalue weighted by atomic mass is 16.4. The third-order valence-electron chi connectivity index (χ3n) is 3.82. The number of unbranched alkanes of at least 4 members (excludes halogenated alkanes) is 1. The van der Waals surface area contributed by atoms with Crippen molar-refractivity contribution < 1.29 is 14.7 Å². The number of carbonyl (C=O) groups is 2. The maximum Gasteiger partial charge on any atom is 0.326 e. The lowest BCUT2D eigenvalue weighted by atomic mass is 10.2. The van der Waals surface area contributed by atoms with Gasteiger partial charge in [-0.05, 0) is 31.4 Å². The van der Waals surface area contributed by atoms with Crippen molar-refractivity contribution in [3.05, 3.63) is 30.3 Å². The Bertz CT molecular complexity index is 490. The maximum absolute atomic E-state index is 12.8. The molecule has 0 spiro atoms. The Balaban J connectivity index is 2.20. The Hall–Kier alpha value is -2.04. The molecule has 0 aromatic heterocycles. The molecule has 1 atom stereocenters. The van der Waals surface area contributed by atoms with Crippen LogP contribution in [0.2, 0.25) is 0 Å².